The number of esters is 1. The highest BCUT2D eigenvalue weighted by Gasteiger charge is 2.60. The summed E-state index contributed by atoms with van der Waals surface area (Å²) in [6, 6.07) is 27.3. The van der Waals surface area contributed by atoms with Crippen molar-refractivity contribution in [3.8, 4) is 0 Å². The van der Waals surface area contributed by atoms with Crippen molar-refractivity contribution in [2.24, 2.45) is 0 Å². The normalized spacial score (nSPS) is 19.0. The van der Waals surface area contributed by atoms with Crippen LogP contribution >= 0.6 is 0 Å². The summed E-state index contributed by atoms with van der Waals surface area (Å²) >= 11 is 0. The van der Waals surface area contributed by atoms with Gasteiger partial charge in [-0.25, -0.2) is 0 Å². The predicted molar refractivity (Wildman–Crippen MR) is 312 cm³/mol. The molecule has 0 spiro atoms. The highest BCUT2D eigenvalue weighted by molar-refractivity contribution is 5.91. The number of aliphatic hydroxyl groups excluding tert-OH is 2. The molecular formula is C67H105NO9. The maximum absolute atomic E-state index is 14.7. The molecule has 1 aliphatic heterocycles. The van der Waals surface area contributed by atoms with Crippen LogP contribution in [0.3, 0.4) is 0 Å². The van der Waals surface area contributed by atoms with Crippen molar-refractivity contribution in [3.63, 3.8) is 0 Å². The highest BCUT2D eigenvalue weighted by Crippen LogP contribution is 2.42. The second-order valence-electron chi connectivity index (χ2n) is 22.4. The fraction of sp³-hybridized carbons (Fsp3) is 0.687. The molecule has 0 radical (unpaired) electrons. The van der Waals surface area contributed by atoms with E-state index < -0.39 is 59.5 Å². The third-order valence-corrected chi connectivity index (χ3v) is 16.0. The summed E-state index contributed by atoms with van der Waals surface area (Å²) in [5, 5.41) is 40.1. The van der Waals surface area contributed by atoms with Gasteiger partial charge in [0.25, 0.3) is 5.91 Å². The van der Waals surface area contributed by atoms with Gasteiger partial charge >= 0.3 is 5.97 Å². The number of ether oxygens (including phenoxy) is 3. The lowest BCUT2D eigenvalue weighted by Crippen LogP contribution is -2.75. The van der Waals surface area contributed by atoms with Crippen LogP contribution in [0.1, 0.15) is 262 Å². The van der Waals surface area contributed by atoms with Crippen LogP contribution in [0.25, 0.3) is 0 Å². The van der Waals surface area contributed by atoms with Gasteiger partial charge in [-0.3, -0.25) is 14.4 Å². The van der Waals surface area contributed by atoms with Gasteiger partial charge in [-0.1, -0.05) is 298 Å². The van der Waals surface area contributed by atoms with E-state index in [1.807, 2.05) is 91.0 Å². The molecule has 1 heterocycles. The molecule has 1 saturated heterocycles. The third kappa shape index (κ3) is 23.0. The summed E-state index contributed by atoms with van der Waals surface area (Å²) in [5.41, 5.74) is -1.54. The van der Waals surface area contributed by atoms with Crippen LogP contribution in [-0.4, -0.2) is 75.8 Å². The van der Waals surface area contributed by atoms with Crippen molar-refractivity contribution >= 4 is 17.7 Å². The molecule has 1 fully saturated rings. The molecule has 77 heavy (non-hydrogen) atoms. The molecule has 3 aromatic carbocycles. The van der Waals surface area contributed by atoms with E-state index in [1.54, 1.807) is 0 Å². The van der Waals surface area contributed by atoms with Crippen LogP contribution in [0.5, 0.6) is 0 Å². The number of rotatable bonds is 45. The smallest absolute Gasteiger partial charge is 0.306 e. The van der Waals surface area contributed by atoms with Gasteiger partial charge in [0.05, 0.1) is 6.61 Å². The molecule has 4 N–H and O–H groups in total. The molecule has 4 rings (SSSR count). The van der Waals surface area contributed by atoms with E-state index in [2.05, 4.69) is 26.1 Å². The zero-order valence-electron chi connectivity index (χ0n) is 48.3. The molecule has 1 amide bonds. The van der Waals surface area contributed by atoms with Gasteiger partial charge in [0.1, 0.15) is 23.9 Å². The van der Waals surface area contributed by atoms with Gasteiger partial charge in [-0.15, -0.1) is 0 Å². The minimum Gasteiger partial charge on any atom is -0.452 e. The fourth-order valence-electron chi connectivity index (χ4n) is 11.3. The molecule has 1 aliphatic rings. The van der Waals surface area contributed by atoms with Crippen LogP contribution in [0.4, 0.5) is 0 Å². The molecule has 0 aliphatic carbocycles. The Bertz CT molecular complexity index is 1870. The van der Waals surface area contributed by atoms with E-state index in [1.165, 1.54) is 116 Å². The molecule has 10 heteroatoms. The van der Waals surface area contributed by atoms with Crippen molar-refractivity contribution in [2.45, 2.75) is 287 Å². The number of carbonyl (C=O) groups is 3. The van der Waals surface area contributed by atoms with Gasteiger partial charge < -0.3 is 34.8 Å². The SMILES string of the molecule is CCCCCCCCCCCCCC(=O)OC(CCCCCCCCCCCC)C(=O)N[C@H]1[C@H](O)O[C@H](COC(c2ccccc2)(c2ccccc2)c2ccccc2)[C@@H](O)[C@@]1(O)C(=O)CCCCCCCCCCCCC. The van der Waals surface area contributed by atoms with E-state index in [4.69, 9.17) is 14.2 Å². The van der Waals surface area contributed by atoms with E-state index in [-0.39, 0.29) is 25.9 Å². The number of aliphatic hydroxyl groups is 3. The van der Waals surface area contributed by atoms with Crippen molar-refractivity contribution in [1.82, 2.24) is 5.32 Å². The van der Waals surface area contributed by atoms with Crippen molar-refractivity contribution in [1.29, 1.82) is 0 Å². The van der Waals surface area contributed by atoms with Crippen LogP contribution < -0.4 is 5.32 Å². The Morgan fingerprint density at radius 2 is 0.870 bits per heavy atom. The second-order valence-corrected chi connectivity index (χ2v) is 22.4. The molecule has 0 aromatic heterocycles. The van der Waals surface area contributed by atoms with E-state index >= 15 is 0 Å². The average Bonchev–Trinajstić information content (AvgIpc) is 3.46. The minimum absolute atomic E-state index is 0.0881. The minimum atomic E-state index is -2.68. The zero-order chi connectivity index (χ0) is 55.2. The summed E-state index contributed by atoms with van der Waals surface area (Å²) in [6.45, 7) is 6.32. The van der Waals surface area contributed by atoms with Crippen molar-refractivity contribution in [3.05, 3.63) is 108 Å². The maximum atomic E-state index is 14.7. The Morgan fingerprint density at radius 1 is 0.519 bits per heavy atom. The van der Waals surface area contributed by atoms with E-state index in [0.29, 0.717) is 19.3 Å². The van der Waals surface area contributed by atoms with Crippen molar-refractivity contribution in [2.75, 3.05) is 6.61 Å². The number of benzene rings is 3. The molecule has 6 atom stereocenters. The number of unbranched alkanes of at least 4 members (excludes halogenated alkanes) is 29. The molecule has 432 valence electrons. The number of amides is 1. The Hall–Kier alpha value is -3.93. The van der Waals surface area contributed by atoms with Crippen molar-refractivity contribution < 1.29 is 43.9 Å². The molecular weight excluding hydrogens is 963 g/mol. The summed E-state index contributed by atoms with van der Waals surface area (Å²) in [5.74, 6) is -1.94. The average molecular weight is 1070 g/mol. The monoisotopic (exact) mass is 1070 g/mol. The Labute approximate surface area is 466 Å². The number of hydrogen-bond donors (Lipinski definition) is 4. The number of nitrogens with one attached hydrogen (secondary N) is 1. The Kier molecular flexibility index (Phi) is 33.6. The largest absolute Gasteiger partial charge is 0.452 e. The van der Waals surface area contributed by atoms with E-state index in [9.17, 15) is 29.7 Å². The Balaban J connectivity index is 1.53. The van der Waals surface area contributed by atoms with Gasteiger partial charge in [-0.05, 0) is 42.4 Å². The number of hydrogen-bond acceptors (Lipinski definition) is 9. The summed E-state index contributed by atoms with van der Waals surface area (Å²) in [6.07, 6.45) is 29.1. The van der Waals surface area contributed by atoms with Gasteiger partial charge in [-0.2, -0.15) is 0 Å². The van der Waals surface area contributed by atoms with E-state index in [0.717, 1.165) is 87.3 Å². The lowest BCUT2D eigenvalue weighted by atomic mass is 9.77. The van der Waals surface area contributed by atoms with Gasteiger partial charge in [0.2, 0.25) is 0 Å². The van der Waals surface area contributed by atoms with Crippen LogP contribution in [0.15, 0.2) is 91.0 Å². The highest BCUT2D eigenvalue weighted by atomic mass is 16.6. The number of ketones is 1. The molecule has 0 bridgehead atoms. The van der Waals surface area contributed by atoms with Gasteiger partial charge in [0.15, 0.2) is 23.8 Å². The first-order chi connectivity index (χ1) is 37.6. The maximum Gasteiger partial charge on any atom is 0.306 e. The predicted octanol–water partition coefficient (Wildman–Crippen LogP) is 15.5. The molecule has 1 unspecified atom stereocenters. The number of Topliss-reactive ketones (excluding diaryl/α,β-unsaturated/α-hetero) is 1. The topological polar surface area (TPSA) is 152 Å². The summed E-state index contributed by atoms with van der Waals surface area (Å²) < 4.78 is 19.1. The second kappa shape index (κ2) is 39.4. The lowest BCUT2D eigenvalue weighted by Gasteiger charge is -2.49. The summed E-state index contributed by atoms with van der Waals surface area (Å²) in [4.78, 5) is 42.7. The first-order valence-electron chi connectivity index (χ1n) is 31.2. The third-order valence-electron chi connectivity index (χ3n) is 16.0. The fourth-order valence-corrected chi connectivity index (χ4v) is 11.3. The van der Waals surface area contributed by atoms with Crippen LogP contribution in [-0.2, 0) is 34.2 Å². The lowest BCUT2D eigenvalue weighted by molar-refractivity contribution is -0.285. The van der Waals surface area contributed by atoms with Crippen LogP contribution in [0.2, 0.25) is 0 Å². The standard InChI is InChI=1S/C67H105NO9/c1-4-7-10-13-16-19-22-25-28-31-43-52-60(69)66(74)62(65(73)77-59(63(66)71)54-75-67(55-45-36-33-37-46-55,56-47-38-34-39-48-56)57-49-40-35-41-50-57)68-64(72)58(51-42-30-27-24-21-18-15-12-9-6-3)76-61(70)53-44-32-29-26-23-20-17-14-11-8-5-2/h33-41,45-50,58-59,62-63,65,71,73-74H,4-32,42-44,51-54H2,1-3H3,(H,68,72)/t58?,59-,62+,63-,65-,66-/m1/s1. The first-order valence-corrected chi connectivity index (χ1v) is 31.2. The Morgan fingerprint density at radius 3 is 1.26 bits per heavy atom. The quantitative estimate of drug-likeness (QED) is 0.0246. The molecule has 0 saturated carbocycles. The summed E-state index contributed by atoms with van der Waals surface area (Å²) in [7, 11) is 0. The number of carbonyl (C=O) groups excluding carboxylic acids is 3. The first kappa shape index (κ1) is 65.6. The zero-order valence-corrected chi connectivity index (χ0v) is 48.3. The molecule has 3 aromatic rings. The van der Waals surface area contributed by atoms with Crippen LogP contribution in [0, 0.1) is 0 Å². The van der Waals surface area contributed by atoms with Gasteiger partial charge in [0, 0.05) is 12.8 Å². The molecule has 10 nitrogen and oxygen atoms in total.